The lowest BCUT2D eigenvalue weighted by atomic mass is 10.2. The minimum absolute atomic E-state index is 0.258. The van der Waals surface area contributed by atoms with Crippen molar-refractivity contribution < 1.29 is 9.53 Å². The Hall–Kier alpha value is -2.56. The quantitative estimate of drug-likeness (QED) is 0.809. The summed E-state index contributed by atoms with van der Waals surface area (Å²) in [6.45, 7) is 5.80. The first kappa shape index (κ1) is 12.9. The van der Waals surface area contributed by atoms with Gasteiger partial charge in [0.25, 0.3) is 5.91 Å². The zero-order chi connectivity index (χ0) is 13.7. The van der Waals surface area contributed by atoms with E-state index in [9.17, 15) is 4.79 Å². The second-order valence-electron chi connectivity index (χ2n) is 3.99. The number of aromatic nitrogens is 2. The van der Waals surface area contributed by atoms with E-state index in [1.54, 1.807) is 30.3 Å². The normalized spacial score (nSPS) is 9.95. The van der Waals surface area contributed by atoms with Crippen molar-refractivity contribution in [2.75, 3.05) is 11.9 Å². The molecule has 2 aromatic rings. The fourth-order valence-corrected chi connectivity index (χ4v) is 1.59. The molecule has 1 aromatic heterocycles. The van der Waals surface area contributed by atoms with Gasteiger partial charge >= 0.3 is 0 Å². The van der Waals surface area contributed by atoms with Crippen molar-refractivity contribution in [1.82, 2.24) is 10.2 Å². The summed E-state index contributed by atoms with van der Waals surface area (Å²) in [5.74, 6) is 0.749. The van der Waals surface area contributed by atoms with Crippen LogP contribution in [0.4, 0.5) is 5.82 Å². The number of amides is 1. The summed E-state index contributed by atoms with van der Waals surface area (Å²) in [6.07, 6.45) is 1.63. The number of rotatable bonds is 5. The molecule has 0 aliphatic carbocycles. The SMILES string of the molecule is C=CCOc1ccccc1C(=O)Nc1cc(C)[nH]n1. The van der Waals surface area contributed by atoms with Crippen LogP contribution in [0.15, 0.2) is 43.0 Å². The van der Waals surface area contributed by atoms with Crippen LogP contribution in [0.2, 0.25) is 0 Å². The Morgan fingerprint density at radius 3 is 3.00 bits per heavy atom. The third-order valence-corrected chi connectivity index (χ3v) is 2.44. The molecule has 5 heteroatoms. The maximum absolute atomic E-state index is 12.1. The van der Waals surface area contributed by atoms with E-state index >= 15 is 0 Å². The van der Waals surface area contributed by atoms with E-state index in [0.717, 1.165) is 5.69 Å². The molecule has 2 rings (SSSR count). The Morgan fingerprint density at radius 1 is 1.53 bits per heavy atom. The molecule has 0 unspecified atom stereocenters. The minimum atomic E-state index is -0.258. The van der Waals surface area contributed by atoms with Crippen LogP contribution in [0.5, 0.6) is 5.75 Å². The molecule has 0 aliphatic rings. The van der Waals surface area contributed by atoms with Gasteiger partial charge in [-0.05, 0) is 19.1 Å². The topological polar surface area (TPSA) is 67.0 Å². The Labute approximate surface area is 111 Å². The van der Waals surface area contributed by atoms with Gasteiger partial charge in [0, 0.05) is 11.8 Å². The average Bonchev–Trinajstić information content (AvgIpc) is 2.82. The summed E-state index contributed by atoms with van der Waals surface area (Å²) in [6, 6.07) is 8.80. The Kier molecular flexibility index (Phi) is 3.97. The molecule has 0 saturated heterocycles. The number of nitrogens with one attached hydrogen (secondary N) is 2. The number of hydrogen-bond donors (Lipinski definition) is 2. The summed E-state index contributed by atoms with van der Waals surface area (Å²) in [5, 5.41) is 9.43. The largest absolute Gasteiger partial charge is 0.489 e. The van der Waals surface area contributed by atoms with E-state index in [4.69, 9.17) is 4.74 Å². The highest BCUT2D eigenvalue weighted by Gasteiger charge is 2.13. The van der Waals surface area contributed by atoms with Crippen molar-refractivity contribution in [2.45, 2.75) is 6.92 Å². The van der Waals surface area contributed by atoms with Crippen molar-refractivity contribution in [3.63, 3.8) is 0 Å². The predicted molar refractivity (Wildman–Crippen MR) is 73.4 cm³/mol. The first-order valence-electron chi connectivity index (χ1n) is 5.87. The van der Waals surface area contributed by atoms with Gasteiger partial charge in [-0.2, -0.15) is 5.10 Å². The van der Waals surface area contributed by atoms with E-state index in [1.165, 1.54) is 0 Å². The zero-order valence-electron chi connectivity index (χ0n) is 10.6. The molecule has 0 aliphatic heterocycles. The highest BCUT2D eigenvalue weighted by Crippen LogP contribution is 2.19. The summed E-state index contributed by atoms with van der Waals surface area (Å²) < 4.78 is 5.44. The Bertz CT molecular complexity index is 590. The van der Waals surface area contributed by atoms with Gasteiger partial charge in [-0.25, -0.2) is 0 Å². The molecule has 1 heterocycles. The molecule has 1 amide bonds. The monoisotopic (exact) mass is 257 g/mol. The first-order valence-corrected chi connectivity index (χ1v) is 5.87. The van der Waals surface area contributed by atoms with Crippen molar-refractivity contribution in [1.29, 1.82) is 0 Å². The predicted octanol–water partition coefficient (Wildman–Crippen LogP) is 2.54. The van der Waals surface area contributed by atoms with Gasteiger partial charge in [0.1, 0.15) is 12.4 Å². The molecule has 0 bridgehead atoms. The molecule has 0 spiro atoms. The van der Waals surface area contributed by atoms with Gasteiger partial charge in [0.2, 0.25) is 0 Å². The number of aryl methyl sites for hydroxylation is 1. The number of ether oxygens (including phenoxy) is 1. The Balaban J connectivity index is 2.16. The van der Waals surface area contributed by atoms with Crippen LogP contribution in [-0.2, 0) is 0 Å². The second kappa shape index (κ2) is 5.86. The minimum Gasteiger partial charge on any atom is -0.489 e. The Morgan fingerprint density at radius 2 is 2.32 bits per heavy atom. The van der Waals surface area contributed by atoms with Crippen molar-refractivity contribution >= 4 is 11.7 Å². The molecule has 19 heavy (non-hydrogen) atoms. The van der Waals surface area contributed by atoms with E-state index in [0.29, 0.717) is 23.7 Å². The highest BCUT2D eigenvalue weighted by molar-refractivity contribution is 6.05. The van der Waals surface area contributed by atoms with E-state index in [2.05, 4.69) is 22.1 Å². The molecular weight excluding hydrogens is 242 g/mol. The number of benzene rings is 1. The lowest BCUT2D eigenvalue weighted by Gasteiger charge is -2.09. The summed E-state index contributed by atoms with van der Waals surface area (Å²) >= 11 is 0. The smallest absolute Gasteiger partial charge is 0.260 e. The third kappa shape index (κ3) is 3.22. The molecule has 98 valence electrons. The molecule has 5 nitrogen and oxygen atoms in total. The first-order chi connectivity index (χ1) is 9.20. The lowest BCUT2D eigenvalue weighted by molar-refractivity contribution is 0.102. The number of carbonyl (C=O) groups is 1. The molecule has 0 fully saturated rings. The lowest BCUT2D eigenvalue weighted by Crippen LogP contribution is -2.14. The van der Waals surface area contributed by atoms with Crippen LogP contribution in [0, 0.1) is 6.92 Å². The fourth-order valence-electron chi connectivity index (χ4n) is 1.59. The molecule has 0 radical (unpaired) electrons. The van der Waals surface area contributed by atoms with Gasteiger partial charge < -0.3 is 10.1 Å². The average molecular weight is 257 g/mol. The fraction of sp³-hybridized carbons (Fsp3) is 0.143. The summed E-state index contributed by atoms with van der Waals surface area (Å²) in [4.78, 5) is 12.1. The van der Waals surface area contributed by atoms with E-state index in [1.807, 2.05) is 13.0 Å². The van der Waals surface area contributed by atoms with Gasteiger partial charge in [-0.1, -0.05) is 24.8 Å². The zero-order valence-corrected chi connectivity index (χ0v) is 10.6. The van der Waals surface area contributed by atoms with Crippen LogP contribution in [0.3, 0.4) is 0 Å². The summed E-state index contributed by atoms with van der Waals surface area (Å²) in [7, 11) is 0. The highest BCUT2D eigenvalue weighted by atomic mass is 16.5. The van der Waals surface area contributed by atoms with Crippen LogP contribution in [-0.4, -0.2) is 22.7 Å². The van der Waals surface area contributed by atoms with Crippen LogP contribution < -0.4 is 10.1 Å². The summed E-state index contributed by atoms with van der Waals surface area (Å²) in [5.41, 5.74) is 1.34. The van der Waals surface area contributed by atoms with Gasteiger partial charge in [-0.3, -0.25) is 9.89 Å². The molecule has 0 saturated carbocycles. The number of H-pyrrole nitrogens is 1. The van der Waals surface area contributed by atoms with Gasteiger partial charge in [0.15, 0.2) is 5.82 Å². The number of anilines is 1. The molecule has 0 atom stereocenters. The molecular formula is C14H15N3O2. The van der Waals surface area contributed by atoms with Crippen LogP contribution in [0.1, 0.15) is 16.1 Å². The number of aromatic amines is 1. The maximum Gasteiger partial charge on any atom is 0.260 e. The van der Waals surface area contributed by atoms with Crippen LogP contribution in [0.25, 0.3) is 0 Å². The van der Waals surface area contributed by atoms with Crippen molar-refractivity contribution in [3.8, 4) is 5.75 Å². The molecule has 2 N–H and O–H groups in total. The number of para-hydroxylation sites is 1. The van der Waals surface area contributed by atoms with Gasteiger partial charge in [0.05, 0.1) is 5.56 Å². The maximum atomic E-state index is 12.1. The van der Waals surface area contributed by atoms with Crippen molar-refractivity contribution in [2.24, 2.45) is 0 Å². The van der Waals surface area contributed by atoms with E-state index < -0.39 is 0 Å². The van der Waals surface area contributed by atoms with Crippen molar-refractivity contribution in [3.05, 3.63) is 54.2 Å². The number of nitrogens with zero attached hydrogens (tertiary/aromatic N) is 1. The van der Waals surface area contributed by atoms with Gasteiger partial charge in [-0.15, -0.1) is 0 Å². The number of hydrogen-bond acceptors (Lipinski definition) is 3. The second-order valence-corrected chi connectivity index (χ2v) is 3.99. The third-order valence-electron chi connectivity index (χ3n) is 2.44. The molecule has 1 aromatic carbocycles. The van der Waals surface area contributed by atoms with E-state index in [-0.39, 0.29) is 5.91 Å². The number of carbonyl (C=O) groups excluding carboxylic acids is 1. The van der Waals surface area contributed by atoms with Crippen LogP contribution >= 0.6 is 0 Å². The standard InChI is InChI=1S/C14H15N3O2/c1-3-8-19-12-7-5-4-6-11(12)14(18)15-13-9-10(2)16-17-13/h3-7,9H,1,8H2,2H3,(H2,15,16,17,18).